The lowest BCUT2D eigenvalue weighted by molar-refractivity contribution is -0.0436. The first-order valence-electron chi connectivity index (χ1n) is 5.92. The van der Waals surface area contributed by atoms with E-state index in [-0.39, 0.29) is 31.7 Å². The van der Waals surface area contributed by atoms with Gasteiger partial charge in [0.2, 0.25) is 0 Å². The van der Waals surface area contributed by atoms with Crippen LogP contribution in [0.25, 0.3) is 0 Å². The Hall–Kier alpha value is -0.300. The Bertz CT molecular complexity index is 211. The second kappa shape index (κ2) is 7.20. The van der Waals surface area contributed by atoms with E-state index in [0.717, 1.165) is 0 Å². The maximum atomic E-state index is 12.4. The Kier molecular flexibility index (Phi) is 6.26. The zero-order chi connectivity index (χ0) is 12.7. The summed E-state index contributed by atoms with van der Waals surface area (Å²) in [7, 11) is 0. The number of aliphatic hydroxyl groups excluding tert-OH is 2. The molecule has 0 atom stereocenters. The molecule has 1 aliphatic rings. The van der Waals surface area contributed by atoms with Crippen LogP contribution in [0.3, 0.4) is 0 Å². The Balaban J connectivity index is 2.55. The van der Waals surface area contributed by atoms with E-state index in [1.807, 2.05) is 0 Å². The standard InChI is InChI=1S/C11H21F2NO3/c12-10(13)7-14(3-4-15)8-11(9-16)1-5-17-6-2-11/h10,15-16H,1-9H2. The maximum Gasteiger partial charge on any atom is 0.251 e. The molecule has 1 saturated heterocycles. The van der Waals surface area contributed by atoms with E-state index in [2.05, 4.69) is 0 Å². The first kappa shape index (κ1) is 14.8. The number of rotatable bonds is 7. The summed E-state index contributed by atoms with van der Waals surface area (Å²) in [6.45, 7) is 1.19. The predicted molar refractivity (Wildman–Crippen MR) is 59.1 cm³/mol. The van der Waals surface area contributed by atoms with Crippen LogP contribution >= 0.6 is 0 Å². The van der Waals surface area contributed by atoms with Gasteiger partial charge in [-0.1, -0.05) is 0 Å². The van der Waals surface area contributed by atoms with Crippen molar-refractivity contribution in [3.8, 4) is 0 Å². The van der Waals surface area contributed by atoms with Crippen LogP contribution in [0.4, 0.5) is 8.78 Å². The summed E-state index contributed by atoms with van der Waals surface area (Å²) >= 11 is 0. The van der Waals surface area contributed by atoms with Gasteiger partial charge in [0.05, 0.1) is 19.8 Å². The zero-order valence-electron chi connectivity index (χ0n) is 9.95. The number of ether oxygens (including phenoxy) is 1. The summed E-state index contributed by atoms with van der Waals surface area (Å²) in [4.78, 5) is 1.52. The number of hydrogen-bond donors (Lipinski definition) is 2. The number of nitrogens with zero attached hydrogens (tertiary/aromatic N) is 1. The van der Waals surface area contributed by atoms with Gasteiger partial charge in [-0.15, -0.1) is 0 Å². The summed E-state index contributed by atoms with van der Waals surface area (Å²) in [5.41, 5.74) is -0.359. The summed E-state index contributed by atoms with van der Waals surface area (Å²) < 4.78 is 30.0. The van der Waals surface area contributed by atoms with Gasteiger partial charge in [-0.2, -0.15) is 0 Å². The Morgan fingerprint density at radius 3 is 2.35 bits per heavy atom. The van der Waals surface area contributed by atoms with Crippen molar-refractivity contribution < 1.29 is 23.7 Å². The average Bonchev–Trinajstić information content (AvgIpc) is 2.29. The van der Waals surface area contributed by atoms with Crippen molar-refractivity contribution in [2.24, 2.45) is 5.41 Å². The molecule has 0 radical (unpaired) electrons. The van der Waals surface area contributed by atoms with E-state index in [4.69, 9.17) is 9.84 Å². The normalized spacial score (nSPS) is 20.1. The number of halogens is 2. The molecule has 1 rings (SSSR count). The molecule has 1 heterocycles. The number of alkyl halides is 2. The molecule has 1 aliphatic heterocycles. The summed E-state index contributed by atoms with van der Waals surface area (Å²) in [5, 5.41) is 18.3. The van der Waals surface area contributed by atoms with Crippen LogP contribution in [0.15, 0.2) is 0 Å². The van der Waals surface area contributed by atoms with Crippen molar-refractivity contribution in [3.63, 3.8) is 0 Å². The molecule has 0 aromatic heterocycles. The lowest BCUT2D eigenvalue weighted by Crippen LogP contribution is -2.46. The Labute approximate surface area is 100 Å². The van der Waals surface area contributed by atoms with Gasteiger partial charge in [0.25, 0.3) is 6.43 Å². The molecule has 2 N–H and O–H groups in total. The molecule has 1 fully saturated rings. The monoisotopic (exact) mass is 253 g/mol. The van der Waals surface area contributed by atoms with E-state index in [0.29, 0.717) is 32.6 Å². The molecular formula is C11H21F2NO3. The van der Waals surface area contributed by atoms with Crippen LogP contribution < -0.4 is 0 Å². The zero-order valence-corrected chi connectivity index (χ0v) is 9.95. The van der Waals surface area contributed by atoms with Gasteiger partial charge in [0, 0.05) is 31.7 Å². The number of aliphatic hydroxyl groups is 2. The molecular weight excluding hydrogens is 232 g/mol. The van der Waals surface area contributed by atoms with E-state index in [9.17, 15) is 13.9 Å². The topological polar surface area (TPSA) is 52.9 Å². The van der Waals surface area contributed by atoms with Crippen molar-refractivity contribution in [2.75, 3.05) is 46.1 Å². The third-order valence-corrected chi connectivity index (χ3v) is 3.26. The molecule has 4 nitrogen and oxygen atoms in total. The van der Waals surface area contributed by atoms with E-state index >= 15 is 0 Å². The van der Waals surface area contributed by atoms with Gasteiger partial charge < -0.3 is 14.9 Å². The van der Waals surface area contributed by atoms with Gasteiger partial charge in [0.1, 0.15) is 0 Å². The largest absolute Gasteiger partial charge is 0.396 e. The fourth-order valence-corrected chi connectivity index (χ4v) is 2.22. The minimum Gasteiger partial charge on any atom is -0.396 e. The SMILES string of the molecule is OCCN(CC(F)F)CC1(CO)CCOCC1. The highest BCUT2D eigenvalue weighted by Crippen LogP contribution is 2.31. The molecule has 102 valence electrons. The van der Waals surface area contributed by atoms with Crippen molar-refractivity contribution in [1.82, 2.24) is 4.90 Å². The molecule has 0 aromatic rings. The van der Waals surface area contributed by atoms with Crippen molar-refractivity contribution in [1.29, 1.82) is 0 Å². The molecule has 0 spiro atoms. The summed E-state index contributed by atoms with van der Waals surface area (Å²) in [6.07, 6.45) is -1.07. The quantitative estimate of drug-likeness (QED) is 0.687. The van der Waals surface area contributed by atoms with Gasteiger partial charge in [-0.25, -0.2) is 8.78 Å². The minimum absolute atomic E-state index is 0.0263. The molecule has 17 heavy (non-hydrogen) atoms. The van der Waals surface area contributed by atoms with Gasteiger partial charge in [0.15, 0.2) is 0 Å². The molecule has 6 heteroatoms. The Morgan fingerprint density at radius 1 is 1.24 bits per heavy atom. The second-order valence-electron chi connectivity index (χ2n) is 4.62. The molecule has 0 amide bonds. The molecule has 0 unspecified atom stereocenters. The van der Waals surface area contributed by atoms with E-state index < -0.39 is 6.43 Å². The molecule has 0 aliphatic carbocycles. The maximum absolute atomic E-state index is 12.4. The highest BCUT2D eigenvalue weighted by molar-refractivity contribution is 4.84. The van der Waals surface area contributed by atoms with Crippen LogP contribution in [0.5, 0.6) is 0 Å². The fraction of sp³-hybridized carbons (Fsp3) is 1.00. The predicted octanol–water partition coefficient (Wildman–Crippen LogP) is 0.335. The van der Waals surface area contributed by atoms with Crippen LogP contribution in [0.2, 0.25) is 0 Å². The second-order valence-corrected chi connectivity index (χ2v) is 4.62. The van der Waals surface area contributed by atoms with Crippen LogP contribution in [0.1, 0.15) is 12.8 Å². The highest BCUT2D eigenvalue weighted by Gasteiger charge is 2.34. The molecule has 0 bridgehead atoms. The first-order valence-corrected chi connectivity index (χ1v) is 5.92. The summed E-state index contributed by atoms with van der Waals surface area (Å²) in [6, 6.07) is 0. The lowest BCUT2D eigenvalue weighted by atomic mass is 9.80. The van der Waals surface area contributed by atoms with E-state index in [1.54, 1.807) is 0 Å². The third-order valence-electron chi connectivity index (χ3n) is 3.26. The first-order chi connectivity index (χ1) is 8.12. The van der Waals surface area contributed by atoms with Gasteiger partial charge in [-0.05, 0) is 12.8 Å². The molecule has 0 saturated carbocycles. The number of hydrogen-bond acceptors (Lipinski definition) is 4. The van der Waals surface area contributed by atoms with Crippen LogP contribution in [-0.2, 0) is 4.74 Å². The van der Waals surface area contributed by atoms with Crippen molar-refractivity contribution >= 4 is 0 Å². The molecule has 0 aromatic carbocycles. The van der Waals surface area contributed by atoms with E-state index in [1.165, 1.54) is 4.90 Å². The van der Waals surface area contributed by atoms with Crippen molar-refractivity contribution in [2.45, 2.75) is 19.3 Å². The smallest absolute Gasteiger partial charge is 0.251 e. The minimum atomic E-state index is -2.42. The average molecular weight is 253 g/mol. The third kappa shape index (κ3) is 4.83. The van der Waals surface area contributed by atoms with Crippen LogP contribution in [-0.4, -0.2) is 67.6 Å². The van der Waals surface area contributed by atoms with Crippen molar-refractivity contribution in [3.05, 3.63) is 0 Å². The Morgan fingerprint density at radius 2 is 1.88 bits per heavy atom. The summed E-state index contributed by atoms with van der Waals surface area (Å²) in [5.74, 6) is 0. The highest BCUT2D eigenvalue weighted by atomic mass is 19.3. The van der Waals surface area contributed by atoms with Crippen LogP contribution in [0, 0.1) is 5.41 Å². The van der Waals surface area contributed by atoms with Gasteiger partial charge in [-0.3, -0.25) is 4.90 Å². The fourth-order valence-electron chi connectivity index (χ4n) is 2.22. The lowest BCUT2D eigenvalue weighted by Gasteiger charge is -2.39. The van der Waals surface area contributed by atoms with Gasteiger partial charge >= 0.3 is 0 Å².